The molecule has 1 rings (SSSR count). The molecule has 3 heteroatoms. The van der Waals surface area contributed by atoms with Gasteiger partial charge in [0.05, 0.1) is 6.10 Å². The second kappa shape index (κ2) is 6.28. The number of aromatic nitrogens is 1. The van der Waals surface area contributed by atoms with Gasteiger partial charge in [-0.3, -0.25) is 0 Å². The van der Waals surface area contributed by atoms with E-state index in [4.69, 9.17) is 0 Å². The summed E-state index contributed by atoms with van der Waals surface area (Å²) in [5, 5.41) is 9.36. The van der Waals surface area contributed by atoms with Crippen molar-refractivity contribution < 1.29 is 5.11 Å². The van der Waals surface area contributed by atoms with Crippen molar-refractivity contribution in [2.75, 3.05) is 18.5 Å². The zero-order valence-corrected chi connectivity index (χ0v) is 10.1. The van der Waals surface area contributed by atoms with Crippen LogP contribution in [-0.2, 0) is 0 Å². The predicted molar refractivity (Wildman–Crippen MR) is 67.6 cm³/mol. The van der Waals surface area contributed by atoms with Crippen LogP contribution < -0.4 is 4.90 Å². The fourth-order valence-electron chi connectivity index (χ4n) is 1.46. The summed E-state index contributed by atoms with van der Waals surface area (Å²) in [6.45, 7) is 6.41. The number of rotatable bonds is 6. The van der Waals surface area contributed by atoms with Gasteiger partial charge in [-0.25, -0.2) is 4.98 Å². The van der Waals surface area contributed by atoms with E-state index in [1.165, 1.54) is 0 Å². The molecule has 16 heavy (non-hydrogen) atoms. The summed E-state index contributed by atoms with van der Waals surface area (Å²) >= 11 is 0. The molecular weight excluding hydrogens is 200 g/mol. The van der Waals surface area contributed by atoms with Gasteiger partial charge in [-0.05, 0) is 31.4 Å². The van der Waals surface area contributed by atoms with Gasteiger partial charge in [0, 0.05) is 19.8 Å². The largest absolute Gasteiger partial charge is 0.389 e. The standard InChI is InChI=1S/C13H20N2O/c1-4-5-6-9-15(3)13-8-7-12(10-14-13)11(2)16/h4,7-8,10-11,16H,1,5-6,9H2,2-3H3. The van der Waals surface area contributed by atoms with Crippen LogP contribution in [0.5, 0.6) is 0 Å². The summed E-state index contributed by atoms with van der Waals surface area (Å²) in [5.41, 5.74) is 0.850. The minimum absolute atomic E-state index is 0.451. The molecule has 0 saturated carbocycles. The van der Waals surface area contributed by atoms with E-state index in [1.54, 1.807) is 13.1 Å². The van der Waals surface area contributed by atoms with Crippen LogP contribution in [0.4, 0.5) is 5.82 Å². The molecule has 0 aliphatic carbocycles. The Morgan fingerprint density at radius 2 is 2.31 bits per heavy atom. The molecule has 0 amide bonds. The number of anilines is 1. The van der Waals surface area contributed by atoms with Crippen LogP contribution in [0.1, 0.15) is 31.4 Å². The maximum Gasteiger partial charge on any atom is 0.128 e. The minimum Gasteiger partial charge on any atom is -0.389 e. The third-order valence-corrected chi connectivity index (χ3v) is 2.55. The van der Waals surface area contributed by atoms with Crippen LogP contribution in [0.15, 0.2) is 31.0 Å². The number of aliphatic hydroxyl groups excluding tert-OH is 1. The predicted octanol–water partition coefficient (Wildman–Crippen LogP) is 2.54. The molecule has 0 aliphatic rings. The van der Waals surface area contributed by atoms with Gasteiger partial charge in [0.25, 0.3) is 0 Å². The van der Waals surface area contributed by atoms with Gasteiger partial charge in [0.1, 0.15) is 5.82 Å². The van der Waals surface area contributed by atoms with Crippen LogP contribution in [0.25, 0.3) is 0 Å². The molecule has 1 atom stereocenters. The summed E-state index contributed by atoms with van der Waals surface area (Å²) in [5.74, 6) is 0.938. The Labute approximate surface area is 97.4 Å². The van der Waals surface area contributed by atoms with Crippen molar-refractivity contribution in [3.8, 4) is 0 Å². The highest BCUT2D eigenvalue weighted by Crippen LogP contribution is 2.15. The quantitative estimate of drug-likeness (QED) is 0.591. The molecule has 0 fully saturated rings. The lowest BCUT2D eigenvalue weighted by Gasteiger charge is -2.18. The number of nitrogens with zero attached hydrogens (tertiary/aromatic N) is 2. The fourth-order valence-corrected chi connectivity index (χ4v) is 1.46. The first-order valence-electron chi connectivity index (χ1n) is 5.61. The van der Waals surface area contributed by atoms with Crippen molar-refractivity contribution in [1.29, 1.82) is 0 Å². The smallest absolute Gasteiger partial charge is 0.128 e. The Bertz CT molecular complexity index is 319. The lowest BCUT2D eigenvalue weighted by atomic mass is 10.2. The van der Waals surface area contributed by atoms with Crippen LogP contribution in [0, 0.1) is 0 Å². The molecule has 0 aliphatic heterocycles. The zero-order valence-electron chi connectivity index (χ0n) is 10.1. The van der Waals surface area contributed by atoms with Gasteiger partial charge in [0.2, 0.25) is 0 Å². The van der Waals surface area contributed by atoms with Crippen molar-refractivity contribution in [3.05, 3.63) is 36.5 Å². The summed E-state index contributed by atoms with van der Waals surface area (Å²) in [7, 11) is 2.02. The Balaban J connectivity index is 2.55. The Morgan fingerprint density at radius 1 is 1.56 bits per heavy atom. The topological polar surface area (TPSA) is 36.4 Å². The molecule has 1 aromatic rings. The first-order chi connectivity index (χ1) is 7.65. The average Bonchev–Trinajstić information content (AvgIpc) is 2.29. The van der Waals surface area contributed by atoms with E-state index in [2.05, 4.69) is 16.5 Å². The molecule has 0 aromatic carbocycles. The summed E-state index contributed by atoms with van der Waals surface area (Å²) in [6.07, 6.45) is 5.31. The molecule has 1 unspecified atom stereocenters. The van der Waals surface area contributed by atoms with Crippen LogP contribution >= 0.6 is 0 Å². The van der Waals surface area contributed by atoms with Gasteiger partial charge >= 0.3 is 0 Å². The molecule has 1 aromatic heterocycles. The lowest BCUT2D eigenvalue weighted by molar-refractivity contribution is 0.199. The number of hydrogen-bond donors (Lipinski definition) is 1. The number of allylic oxidation sites excluding steroid dienone is 1. The van der Waals surface area contributed by atoms with Crippen LogP contribution in [-0.4, -0.2) is 23.7 Å². The molecule has 88 valence electrons. The molecule has 1 heterocycles. The van der Waals surface area contributed by atoms with E-state index < -0.39 is 6.10 Å². The van der Waals surface area contributed by atoms with Gasteiger partial charge in [-0.2, -0.15) is 0 Å². The van der Waals surface area contributed by atoms with Crippen LogP contribution in [0.2, 0.25) is 0 Å². The van der Waals surface area contributed by atoms with Crippen molar-refractivity contribution in [1.82, 2.24) is 4.98 Å². The van der Waals surface area contributed by atoms with E-state index in [0.29, 0.717) is 0 Å². The van der Waals surface area contributed by atoms with E-state index in [0.717, 1.165) is 30.8 Å². The molecule has 0 bridgehead atoms. The minimum atomic E-state index is -0.451. The molecule has 0 spiro atoms. The van der Waals surface area contributed by atoms with Crippen molar-refractivity contribution in [2.24, 2.45) is 0 Å². The summed E-state index contributed by atoms with van der Waals surface area (Å²) < 4.78 is 0. The first kappa shape index (κ1) is 12.7. The van der Waals surface area contributed by atoms with Crippen molar-refractivity contribution in [2.45, 2.75) is 25.9 Å². The Morgan fingerprint density at radius 3 is 2.81 bits per heavy atom. The number of aliphatic hydroxyl groups is 1. The van der Waals surface area contributed by atoms with E-state index in [1.807, 2.05) is 25.3 Å². The number of unbranched alkanes of at least 4 members (excludes halogenated alkanes) is 1. The highest BCUT2D eigenvalue weighted by Gasteiger charge is 2.04. The number of hydrogen-bond acceptors (Lipinski definition) is 3. The fraction of sp³-hybridized carbons (Fsp3) is 0.462. The Hall–Kier alpha value is -1.35. The Kier molecular flexibility index (Phi) is 4.99. The van der Waals surface area contributed by atoms with E-state index >= 15 is 0 Å². The maximum absolute atomic E-state index is 9.36. The van der Waals surface area contributed by atoms with Gasteiger partial charge in [-0.15, -0.1) is 6.58 Å². The number of pyridine rings is 1. The molecular formula is C13H20N2O. The van der Waals surface area contributed by atoms with Crippen LogP contribution in [0.3, 0.4) is 0 Å². The molecule has 0 radical (unpaired) electrons. The normalized spacial score (nSPS) is 12.2. The monoisotopic (exact) mass is 220 g/mol. The summed E-state index contributed by atoms with van der Waals surface area (Å²) in [4.78, 5) is 6.43. The maximum atomic E-state index is 9.36. The average molecular weight is 220 g/mol. The van der Waals surface area contributed by atoms with Gasteiger partial charge in [0.15, 0.2) is 0 Å². The van der Waals surface area contributed by atoms with Crippen molar-refractivity contribution in [3.63, 3.8) is 0 Å². The third-order valence-electron chi connectivity index (χ3n) is 2.55. The molecule has 1 N–H and O–H groups in total. The van der Waals surface area contributed by atoms with Crippen molar-refractivity contribution >= 4 is 5.82 Å². The van der Waals surface area contributed by atoms with Gasteiger partial charge < -0.3 is 10.0 Å². The highest BCUT2D eigenvalue weighted by molar-refractivity contribution is 5.38. The SMILES string of the molecule is C=CCCCN(C)c1ccc(C(C)O)cn1. The zero-order chi connectivity index (χ0) is 12.0. The first-order valence-corrected chi connectivity index (χ1v) is 5.61. The third kappa shape index (κ3) is 3.66. The lowest BCUT2D eigenvalue weighted by Crippen LogP contribution is -2.19. The highest BCUT2D eigenvalue weighted by atomic mass is 16.3. The molecule has 0 saturated heterocycles. The van der Waals surface area contributed by atoms with E-state index in [9.17, 15) is 5.11 Å². The summed E-state index contributed by atoms with van der Waals surface area (Å²) in [6, 6.07) is 3.85. The second-order valence-corrected chi connectivity index (χ2v) is 3.98. The van der Waals surface area contributed by atoms with Gasteiger partial charge in [-0.1, -0.05) is 12.1 Å². The second-order valence-electron chi connectivity index (χ2n) is 3.98. The van der Waals surface area contributed by atoms with E-state index in [-0.39, 0.29) is 0 Å². The molecule has 3 nitrogen and oxygen atoms in total.